The van der Waals surface area contributed by atoms with Gasteiger partial charge in [0.1, 0.15) is 5.75 Å². The zero-order valence-electron chi connectivity index (χ0n) is 13.1. The largest absolute Gasteiger partial charge is 0.496 e. The van der Waals surface area contributed by atoms with Gasteiger partial charge in [-0.25, -0.2) is 0 Å². The highest BCUT2D eigenvalue weighted by atomic mass is 35.5. The van der Waals surface area contributed by atoms with Crippen LogP contribution in [0.2, 0.25) is 5.02 Å². The van der Waals surface area contributed by atoms with Gasteiger partial charge in [0.05, 0.1) is 12.7 Å². The third-order valence-electron chi connectivity index (χ3n) is 3.32. The molecule has 0 saturated carbocycles. The van der Waals surface area contributed by atoms with Crippen LogP contribution in [0.5, 0.6) is 5.75 Å². The van der Waals surface area contributed by atoms with E-state index in [1.807, 2.05) is 32.0 Å². The van der Waals surface area contributed by atoms with Crippen molar-refractivity contribution < 1.29 is 9.53 Å². The molecule has 0 aliphatic heterocycles. The molecular formula is C17H17ClN2O2S. The number of anilines is 1. The zero-order chi connectivity index (χ0) is 17.0. The molecule has 6 heteroatoms. The number of aryl methyl sites for hydroxylation is 2. The summed E-state index contributed by atoms with van der Waals surface area (Å²) in [6.07, 6.45) is 0. The summed E-state index contributed by atoms with van der Waals surface area (Å²) in [4.78, 5) is 12.4. The molecule has 120 valence electrons. The highest BCUT2D eigenvalue weighted by Gasteiger charge is 2.15. The second-order valence-corrected chi connectivity index (χ2v) is 5.84. The van der Waals surface area contributed by atoms with Gasteiger partial charge in [-0.15, -0.1) is 0 Å². The van der Waals surface area contributed by atoms with Crippen molar-refractivity contribution in [2.75, 3.05) is 12.4 Å². The van der Waals surface area contributed by atoms with E-state index >= 15 is 0 Å². The van der Waals surface area contributed by atoms with Gasteiger partial charge in [-0.1, -0.05) is 29.8 Å². The van der Waals surface area contributed by atoms with E-state index in [0.717, 1.165) is 11.1 Å². The van der Waals surface area contributed by atoms with Gasteiger partial charge in [-0.2, -0.15) is 0 Å². The normalized spacial score (nSPS) is 10.1. The number of rotatable bonds is 3. The molecule has 23 heavy (non-hydrogen) atoms. The van der Waals surface area contributed by atoms with E-state index in [1.54, 1.807) is 18.2 Å². The quantitative estimate of drug-likeness (QED) is 0.820. The SMILES string of the molecule is COc1c(C)cccc1C(=O)NC(=S)Nc1ccc(C)c(Cl)c1. The molecule has 0 unspecified atom stereocenters. The number of ether oxygens (including phenoxy) is 1. The first-order valence-electron chi connectivity index (χ1n) is 6.94. The second-order valence-electron chi connectivity index (χ2n) is 5.03. The summed E-state index contributed by atoms with van der Waals surface area (Å²) in [5, 5.41) is 6.40. The Bertz CT molecular complexity index is 762. The Morgan fingerprint density at radius 1 is 1.17 bits per heavy atom. The average Bonchev–Trinajstić information content (AvgIpc) is 2.50. The van der Waals surface area contributed by atoms with Crippen LogP contribution in [0.15, 0.2) is 36.4 Å². The summed E-state index contributed by atoms with van der Waals surface area (Å²) in [5.74, 6) is 0.201. The number of hydrogen-bond acceptors (Lipinski definition) is 3. The molecule has 0 aliphatic carbocycles. The molecule has 0 spiro atoms. The first-order valence-corrected chi connectivity index (χ1v) is 7.73. The number of carbonyl (C=O) groups excluding carboxylic acids is 1. The molecule has 4 nitrogen and oxygen atoms in total. The zero-order valence-corrected chi connectivity index (χ0v) is 14.6. The predicted octanol–water partition coefficient (Wildman–Crippen LogP) is 4.09. The fourth-order valence-electron chi connectivity index (χ4n) is 2.11. The van der Waals surface area contributed by atoms with Gasteiger partial charge in [-0.05, 0) is 55.4 Å². The van der Waals surface area contributed by atoms with Crippen molar-refractivity contribution in [3.05, 3.63) is 58.1 Å². The van der Waals surface area contributed by atoms with Gasteiger partial charge < -0.3 is 10.1 Å². The van der Waals surface area contributed by atoms with Crippen LogP contribution in [0.3, 0.4) is 0 Å². The summed E-state index contributed by atoms with van der Waals surface area (Å²) in [6.45, 7) is 3.79. The minimum Gasteiger partial charge on any atom is -0.496 e. The van der Waals surface area contributed by atoms with E-state index in [-0.39, 0.29) is 11.0 Å². The van der Waals surface area contributed by atoms with E-state index in [1.165, 1.54) is 7.11 Å². The monoisotopic (exact) mass is 348 g/mol. The van der Waals surface area contributed by atoms with Crippen LogP contribution in [-0.2, 0) is 0 Å². The van der Waals surface area contributed by atoms with E-state index in [2.05, 4.69) is 10.6 Å². The van der Waals surface area contributed by atoms with E-state index in [9.17, 15) is 4.79 Å². The van der Waals surface area contributed by atoms with Crippen molar-refractivity contribution in [2.24, 2.45) is 0 Å². The molecule has 2 rings (SSSR count). The summed E-state index contributed by atoms with van der Waals surface area (Å²) < 4.78 is 5.28. The third kappa shape index (κ3) is 4.21. The van der Waals surface area contributed by atoms with Crippen molar-refractivity contribution >= 4 is 40.5 Å². The highest BCUT2D eigenvalue weighted by molar-refractivity contribution is 7.80. The lowest BCUT2D eigenvalue weighted by molar-refractivity contribution is 0.0974. The van der Waals surface area contributed by atoms with Crippen LogP contribution in [0.4, 0.5) is 5.69 Å². The predicted molar refractivity (Wildman–Crippen MR) is 97.6 cm³/mol. The Balaban J connectivity index is 2.09. The Hall–Kier alpha value is -2.11. The van der Waals surface area contributed by atoms with E-state index < -0.39 is 0 Å². The third-order valence-corrected chi connectivity index (χ3v) is 3.93. The number of halogens is 1. The minimum absolute atomic E-state index is 0.193. The Morgan fingerprint density at radius 3 is 2.57 bits per heavy atom. The molecule has 2 aromatic carbocycles. The number of amides is 1. The van der Waals surface area contributed by atoms with Gasteiger partial charge in [0.15, 0.2) is 5.11 Å². The van der Waals surface area contributed by atoms with Crippen LogP contribution in [0.25, 0.3) is 0 Å². The molecule has 1 amide bonds. The van der Waals surface area contributed by atoms with E-state index in [4.69, 9.17) is 28.6 Å². The van der Waals surface area contributed by atoms with Crippen LogP contribution < -0.4 is 15.4 Å². The van der Waals surface area contributed by atoms with Gasteiger partial charge in [0.2, 0.25) is 0 Å². The molecule has 0 heterocycles. The molecule has 0 bridgehead atoms. The van der Waals surface area contributed by atoms with Gasteiger partial charge in [0, 0.05) is 10.7 Å². The number of methoxy groups -OCH3 is 1. The molecular weight excluding hydrogens is 332 g/mol. The van der Waals surface area contributed by atoms with Crippen LogP contribution in [0.1, 0.15) is 21.5 Å². The molecule has 0 fully saturated rings. The van der Waals surface area contributed by atoms with Crippen molar-refractivity contribution in [3.8, 4) is 5.75 Å². The summed E-state index contributed by atoms with van der Waals surface area (Å²) in [7, 11) is 1.53. The summed E-state index contributed by atoms with van der Waals surface area (Å²) in [6, 6.07) is 10.8. The number of hydrogen-bond donors (Lipinski definition) is 2. The van der Waals surface area contributed by atoms with Crippen LogP contribution in [-0.4, -0.2) is 18.1 Å². The maximum atomic E-state index is 12.4. The van der Waals surface area contributed by atoms with Crippen LogP contribution >= 0.6 is 23.8 Å². The minimum atomic E-state index is -0.332. The summed E-state index contributed by atoms with van der Waals surface area (Å²) in [5.41, 5.74) is 2.99. The Labute approximate surface area is 145 Å². The maximum Gasteiger partial charge on any atom is 0.261 e. The fraction of sp³-hybridized carbons (Fsp3) is 0.176. The van der Waals surface area contributed by atoms with Gasteiger partial charge in [-0.3, -0.25) is 10.1 Å². The Morgan fingerprint density at radius 2 is 1.91 bits per heavy atom. The van der Waals surface area contributed by atoms with Crippen molar-refractivity contribution in [3.63, 3.8) is 0 Å². The number of carbonyl (C=O) groups is 1. The first-order chi connectivity index (χ1) is 10.9. The molecule has 0 aliphatic rings. The molecule has 0 aromatic heterocycles. The van der Waals surface area contributed by atoms with Gasteiger partial charge >= 0.3 is 0 Å². The number of benzene rings is 2. The van der Waals surface area contributed by atoms with E-state index in [0.29, 0.717) is 22.0 Å². The molecule has 2 aromatic rings. The molecule has 0 saturated heterocycles. The number of nitrogens with one attached hydrogen (secondary N) is 2. The first kappa shape index (κ1) is 17.2. The lowest BCUT2D eigenvalue weighted by Crippen LogP contribution is -2.34. The van der Waals surface area contributed by atoms with Crippen molar-refractivity contribution in [2.45, 2.75) is 13.8 Å². The Kier molecular flexibility index (Phi) is 5.58. The molecule has 2 N–H and O–H groups in total. The van der Waals surface area contributed by atoms with Crippen LogP contribution in [0, 0.1) is 13.8 Å². The van der Waals surface area contributed by atoms with Crippen molar-refractivity contribution in [1.82, 2.24) is 5.32 Å². The molecule has 0 radical (unpaired) electrons. The van der Waals surface area contributed by atoms with Gasteiger partial charge in [0.25, 0.3) is 5.91 Å². The number of thiocarbonyl (C=S) groups is 1. The number of para-hydroxylation sites is 1. The molecule has 0 atom stereocenters. The lowest BCUT2D eigenvalue weighted by atomic mass is 10.1. The maximum absolute atomic E-state index is 12.4. The average molecular weight is 349 g/mol. The standard InChI is InChI=1S/C17H17ClN2O2S/c1-10-7-8-12(9-14(10)18)19-17(23)20-16(21)13-6-4-5-11(2)15(13)22-3/h4-9H,1-3H3,(H2,19,20,21,23). The van der Waals surface area contributed by atoms with Crippen molar-refractivity contribution in [1.29, 1.82) is 0 Å². The fourth-order valence-corrected chi connectivity index (χ4v) is 2.50. The lowest BCUT2D eigenvalue weighted by Gasteiger charge is -2.13. The summed E-state index contributed by atoms with van der Waals surface area (Å²) >= 11 is 11.2. The topological polar surface area (TPSA) is 50.4 Å². The highest BCUT2D eigenvalue weighted by Crippen LogP contribution is 2.23. The second kappa shape index (κ2) is 7.44. The smallest absolute Gasteiger partial charge is 0.261 e.